The zero-order chi connectivity index (χ0) is 23.1. The summed E-state index contributed by atoms with van der Waals surface area (Å²) >= 11 is -1.55. The molecule has 4 aromatic rings. The maximum absolute atomic E-state index is 12.1. The fourth-order valence-electron chi connectivity index (χ4n) is 3.29. The van der Waals surface area contributed by atoms with E-state index in [4.69, 9.17) is 19.2 Å². The van der Waals surface area contributed by atoms with Crippen molar-refractivity contribution in [2.24, 2.45) is 0 Å². The summed E-state index contributed by atoms with van der Waals surface area (Å²) in [7, 11) is -4.64. The van der Waals surface area contributed by atoms with Crippen LogP contribution in [0.3, 0.4) is 0 Å². The van der Waals surface area contributed by atoms with E-state index in [-0.39, 0.29) is 5.75 Å². The van der Waals surface area contributed by atoms with Crippen molar-refractivity contribution < 1.29 is 27.4 Å². The SMILES string of the molecule is O=Ic1c(-c2ccccc2)cc(-c2ccccc2)c(-c2ccccc2)c1O.O=P(O)(O)O. The molecule has 164 valence electrons. The van der Waals surface area contributed by atoms with Crippen LogP contribution < -0.4 is 0 Å². The summed E-state index contributed by atoms with van der Waals surface area (Å²) in [5.41, 5.74) is 5.36. The average Bonchev–Trinajstić information content (AvgIpc) is 2.79. The first-order valence-electron chi connectivity index (χ1n) is 9.41. The Labute approximate surface area is 195 Å². The summed E-state index contributed by atoms with van der Waals surface area (Å²) < 4.78 is 21.6. The van der Waals surface area contributed by atoms with Crippen LogP contribution in [0.4, 0.5) is 0 Å². The number of phenols is 1. The van der Waals surface area contributed by atoms with Crippen molar-refractivity contribution in [1.82, 2.24) is 0 Å². The summed E-state index contributed by atoms with van der Waals surface area (Å²) in [5, 5.41) is 11.2. The Morgan fingerprint density at radius 1 is 0.625 bits per heavy atom. The fraction of sp³-hybridized carbons (Fsp3) is 0. The van der Waals surface area contributed by atoms with Gasteiger partial charge in [-0.1, -0.05) is 91.0 Å². The fourth-order valence-corrected chi connectivity index (χ4v) is 4.48. The lowest BCUT2D eigenvalue weighted by Crippen LogP contribution is -1.93. The molecule has 0 aliphatic rings. The van der Waals surface area contributed by atoms with Crippen LogP contribution in [0.1, 0.15) is 0 Å². The molecule has 8 heteroatoms. The summed E-state index contributed by atoms with van der Waals surface area (Å²) in [6, 6.07) is 31.6. The maximum Gasteiger partial charge on any atom is 0.466 e. The highest BCUT2D eigenvalue weighted by Crippen LogP contribution is 2.46. The standard InChI is InChI=1S/C24H17IO2.H3O4P/c26-24-22(19-14-8-3-9-15-19)20(17-10-4-1-5-11-17)16-21(23(24)25-27)18-12-6-2-7-13-18;1-5(2,3)4/h1-16,26H;(H3,1,2,3,4). The molecule has 4 N–H and O–H groups in total. The van der Waals surface area contributed by atoms with Crippen LogP contribution in [0, 0.1) is 3.57 Å². The molecule has 0 saturated heterocycles. The van der Waals surface area contributed by atoms with Crippen molar-refractivity contribution in [3.63, 3.8) is 0 Å². The van der Waals surface area contributed by atoms with Crippen molar-refractivity contribution >= 4 is 29.0 Å². The highest BCUT2D eigenvalue weighted by Gasteiger charge is 2.21. The van der Waals surface area contributed by atoms with Crippen LogP contribution in [0.2, 0.25) is 0 Å². The van der Waals surface area contributed by atoms with Gasteiger partial charge in [0.2, 0.25) is 0 Å². The van der Waals surface area contributed by atoms with Gasteiger partial charge in [-0.05, 0) is 28.3 Å². The normalized spacial score (nSPS) is 10.8. The van der Waals surface area contributed by atoms with Crippen molar-refractivity contribution in [3.05, 3.63) is 101 Å². The Bertz CT molecular complexity index is 1230. The smallest absolute Gasteiger partial charge is 0.466 e. The van der Waals surface area contributed by atoms with Crippen LogP contribution >= 0.6 is 29.0 Å². The monoisotopic (exact) mass is 562 g/mol. The first kappa shape index (κ1) is 24.0. The number of hydrogen-bond acceptors (Lipinski definition) is 3. The van der Waals surface area contributed by atoms with Gasteiger partial charge in [-0.25, -0.2) is 4.57 Å². The van der Waals surface area contributed by atoms with Crippen molar-refractivity contribution in [3.8, 4) is 39.1 Å². The first-order valence-corrected chi connectivity index (χ1v) is 12.9. The second-order valence-corrected chi connectivity index (χ2v) is 9.24. The van der Waals surface area contributed by atoms with Gasteiger partial charge in [-0.3, -0.25) is 3.07 Å². The summed E-state index contributed by atoms with van der Waals surface area (Å²) in [4.78, 5) is 21.6. The molecule has 0 aliphatic carbocycles. The van der Waals surface area contributed by atoms with E-state index in [1.165, 1.54) is 0 Å². The van der Waals surface area contributed by atoms with E-state index in [1.807, 2.05) is 91.0 Å². The Kier molecular flexibility index (Phi) is 8.06. The van der Waals surface area contributed by atoms with Crippen molar-refractivity contribution in [2.75, 3.05) is 0 Å². The molecular formula is C24H20IO6P. The quantitative estimate of drug-likeness (QED) is 0.181. The first-order chi connectivity index (χ1) is 15.3. The zero-order valence-electron chi connectivity index (χ0n) is 16.7. The number of rotatable bonds is 4. The lowest BCUT2D eigenvalue weighted by Gasteiger charge is -2.17. The molecule has 0 fully saturated rings. The third kappa shape index (κ3) is 6.18. The molecule has 0 saturated carbocycles. The van der Waals surface area contributed by atoms with Gasteiger partial charge >= 0.3 is 7.82 Å². The topological polar surface area (TPSA) is 115 Å². The van der Waals surface area contributed by atoms with Crippen molar-refractivity contribution in [2.45, 2.75) is 0 Å². The molecule has 0 radical (unpaired) electrons. The molecule has 4 aromatic carbocycles. The van der Waals surface area contributed by atoms with Gasteiger partial charge in [-0.2, -0.15) is 0 Å². The number of hydrogen-bond donors (Lipinski definition) is 4. The lowest BCUT2D eigenvalue weighted by molar-refractivity contribution is 0.275. The molecule has 0 atom stereocenters. The molecular weight excluding hydrogens is 542 g/mol. The third-order valence-electron chi connectivity index (χ3n) is 4.55. The molecule has 6 nitrogen and oxygen atoms in total. The van der Waals surface area contributed by atoms with E-state index >= 15 is 0 Å². The third-order valence-corrected chi connectivity index (χ3v) is 6.08. The molecule has 4 rings (SSSR count). The van der Waals surface area contributed by atoms with Gasteiger partial charge in [-0.15, -0.1) is 0 Å². The molecule has 0 amide bonds. The Hall–Kier alpha value is -2.68. The van der Waals surface area contributed by atoms with E-state index in [1.54, 1.807) is 0 Å². The number of benzene rings is 4. The van der Waals surface area contributed by atoms with Crippen LogP contribution in [0.15, 0.2) is 97.1 Å². The van der Waals surface area contributed by atoms with E-state index in [0.29, 0.717) is 3.57 Å². The van der Waals surface area contributed by atoms with Gasteiger partial charge < -0.3 is 19.8 Å². The Morgan fingerprint density at radius 3 is 1.41 bits per heavy atom. The van der Waals surface area contributed by atoms with E-state index < -0.39 is 29.0 Å². The van der Waals surface area contributed by atoms with Crippen molar-refractivity contribution in [1.29, 1.82) is 0 Å². The maximum atomic E-state index is 12.1. The van der Waals surface area contributed by atoms with Gasteiger partial charge in [0.15, 0.2) is 21.2 Å². The predicted molar refractivity (Wildman–Crippen MR) is 132 cm³/mol. The van der Waals surface area contributed by atoms with Gasteiger partial charge in [0, 0.05) is 11.1 Å². The second-order valence-electron chi connectivity index (χ2n) is 6.70. The Balaban J connectivity index is 0.000000523. The predicted octanol–water partition coefficient (Wildman–Crippen LogP) is 5.95. The number of aromatic hydroxyl groups is 1. The minimum Gasteiger partial charge on any atom is -0.506 e. The lowest BCUT2D eigenvalue weighted by atomic mass is 9.90. The van der Waals surface area contributed by atoms with Crippen LogP contribution in [-0.4, -0.2) is 19.8 Å². The van der Waals surface area contributed by atoms with Gasteiger partial charge in [0.05, 0.1) is 3.57 Å². The minimum atomic E-state index is -4.64. The molecule has 32 heavy (non-hydrogen) atoms. The Morgan fingerprint density at radius 2 is 1.00 bits per heavy atom. The number of phosphoric acid groups is 1. The molecule has 0 aromatic heterocycles. The summed E-state index contributed by atoms with van der Waals surface area (Å²) in [6.07, 6.45) is 0. The van der Waals surface area contributed by atoms with Crippen LogP contribution in [0.25, 0.3) is 33.4 Å². The highest BCUT2D eigenvalue weighted by atomic mass is 127. The summed E-state index contributed by atoms with van der Waals surface area (Å²) in [6.45, 7) is 0. The molecule has 0 aliphatic heterocycles. The second kappa shape index (κ2) is 10.8. The summed E-state index contributed by atoms with van der Waals surface area (Å²) in [5.74, 6) is 0.115. The van der Waals surface area contributed by atoms with Gasteiger partial charge in [0.25, 0.3) is 0 Å². The largest absolute Gasteiger partial charge is 0.506 e. The van der Waals surface area contributed by atoms with Crippen LogP contribution in [0.5, 0.6) is 5.75 Å². The van der Waals surface area contributed by atoms with Crippen LogP contribution in [-0.2, 0) is 7.63 Å². The molecule has 0 bridgehead atoms. The highest BCUT2D eigenvalue weighted by molar-refractivity contribution is 14.1. The minimum absolute atomic E-state index is 0.115. The molecule has 0 heterocycles. The zero-order valence-corrected chi connectivity index (χ0v) is 19.7. The molecule has 0 spiro atoms. The van der Waals surface area contributed by atoms with E-state index in [9.17, 15) is 8.18 Å². The van der Waals surface area contributed by atoms with E-state index in [0.717, 1.165) is 33.4 Å². The molecule has 0 unspecified atom stereocenters. The number of halogens is 1. The average molecular weight is 562 g/mol. The van der Waals surface area contributed by atoms with Gasteiger partial charge in [0.1, 0.15) is 5.75 Å². The number of phenolic OH excluding ortho intramolecular Hbond substituents is 1. The van der Waals surface area contributed by atoms with E-state index in [2.05, 4.69) is 6.07 Å².